The molecule has 3 heterocycles. The van der Waals surface area contributed by atoms with Gasteiger partial charge >= 0.3 is 6.09 Å². The Morgan fingerprint density at radius 3 is 3.00 bits per heavy atom. The maximum absolute atomic E-state index is 13.9. The van der Waals surface area contributed by atoms with E-state index in [4.69, 9.17) is 16.7 Å². The summed E-state index contributed by atoms with van der Waals surface area (Å²) < 4.78 is 13.9. The molecule has 2 atom stereocenters. The molecule has 1 fully saturated rings. The van der Waals surface area contributed by atoms with Gasteiger partial charge in [0.15, 0.2) is 11.0 Å². The van der Waals surface area contributed by atoms with Crippen LogP contribution in [0.1, 0.15) is 0 Å². The zero-order valence-electron chi connectivity index (χ0n) is 10.7. The summed E-state index contributed by atoms with van der Waals surface area (Å²) in [5.41, 5.74) is 0.471. The van der Waals surface area contributed by atoms with Crippen molar-refractivity contribution in [3.05, 3.63) is 23.5 Å². The number of anilines is 1. The highest BCUT2D eigenvalue weighted by Crippen LogP contribution is 2.26. The van der Waals surface area contributed by atoms with E-state index < -0.39 is 18.3 Å². The molecule has 0 bridgehead atoms. The largest absolute Gasteiger partial charge is 0.465 e. The Bertz CT molecular complexity index is 700. The first kappa shape index (κ1) is 13.7. The SMILES string of the molecule is O=C(O)N1C[C@@H](F)[C@H](Nc2nnc(Cl)c3cccnc23)C1. The van der Waals surface area contributed by atoms with E-state index in [0.717, 1.165) is 4.90 Å². The number of amides is 1. The quantitative estimate of drug-likeness (QED) is 0.878. The second-order valence-corrected chi connectivity index (χ2v) is 5.05. The Labute approximate surface area is 123 Å². The number of hydrogen-bond acceptors (Lipinski definition) is 5. The van der Waals surface area contributed by atoms with Crippen LogP contribution in [0.5, 0.6) is 0 Å². The van der Waals surface area contributed by atoms with Crippen molar-refractivity contribution in [1.29, 1.82) is 0 Å². The van der Waals surface area contributed by atoms with Crippen molar-refractivity contribution in [3.8, 4) is 0 Å². The van der Waals surface area contributed by atoms with Gasteiger partial charge in [-0.25, -0.2) is 9.18 Å². The predicted octanol–water partition coefficient (Wildman–Crippen LogP) is 1.79. The standard InChI is InChI=1S/C12H11ClFN5O2/c13-10-6-2-1-3-15-9(6)11(18-17-10)16-8-5-19(12(20)21)4-7(8)14/h1-3,7-8H,4-5H2,(H,16,18)(H,20,21)/t7-,8-/m1/s1. The molecule has 0 saturated carbocycles. The van der Waals surface area contributed by atoms with Crippen LogP contribution in [-0.4, -0.2) is 56.6 Å². The molecule has 0 aromatic carbocycles. The summed E-state index contributed by atoms with van der Waals surface area (Å²) in [7, 11) is 0. The molecule has 7 nitrogen and oxygen atoms in total. The van der Waals surface area contributed by atoms with Crippen molar-refractivity contribution in [1.82, 2.24) is 20.1 Å². The highest BCUT2D eigenvalue weighted by molar-refractivity contribution is 6.34. The van der Waals surface area contributed by atoms with E-state index in [1.54, 1.807) is 18.3 Å². The first-order valence-corrected chi connectivity index (χ1v) is 6.59. The third-order valence-electron chi connectivity index (χ3n) is 3.33. The number of rotatable bonds is 2. The van der Waals surface area contributed by atoms with Crippen molar-refractivity contribution < 1.29 is 14.3 Å². The summed E-state index contributed by atoms with van der Waals surface area (Å²) in [6.45, 7) is -0.130. The highest BCUT2D eigenvalue weighted by atomic mass is 35.5. The molecule has 2 aromatic rings. The van der Waals surface area contributed by atoms with Crippen LogP contribution in [0, 0.1) is 0 Å². The van der Waals surface area contributed by atoms with Gasteiger partial charge < -0.3 is 15.3 Å². The number of carbonyl (C=O) groups is 1. The third kappa shape index (κ3) is 2.54. The molecule has 0 unspecified atom stereocenters. The van der Waals surface area contributed by atoms with E-state index in [-0.39, 0.29) is 24.1 Å². The van der Waals surface area contributed by atoms with Crippen LogP contribution >= 0.6 is 11.6 Å². The zero-order chi connectivity index (χ0) is 15.0. The van der Waals surface area contributed by atoms with Gasteiger partial charge in [-0.15, -0.1) is 10.2 Å². The average Bonchev–Trinajstić information content (AvgIpc) is 2.84. The second-order valence-electron chi connectivity index (χ2n) is 4.69. The summed E-state index contributed by atoms with van der Waals surface area (Å²) in [5, 5.41) is 20.2. The highest BCUT2D eigenvalue weighted by Gasteiger charge is 2.36. The number of likely N-dealkylation sites (tertiary alicyclic amines) is 1. The molecule has 110 valence electrons. The molecule has 3 rings (SSSR count). The fourth-order valence-corrected chi connectivity index (χ4v) is 2.48. The lowest BCUT2D eigenvalue weighted by molar-refractivity contribution is 0.152. The number of alkyl halides is 1. The van der Waals surface area contributed by atoms with Gasteiger partial charge in [0, 0.05) is 18.1 Å². The van der Waals surface area contributed by atoms with E-state index in [9.17, 15) is 9.18 Å². The normalized spacial score (nSPS) is 21.7. The lowest BCUT2D eigenvalue weighted by Crippen LogP contribution is -2.31. The second kappa shape index (κ2) is 5.28. The Kier molecular flexibility index (Phi) is 3.46. The Balaban J connectivity index is 1.89. The number of nitrogens with zero attached hydrogens (tertiary/aromatic N) is 4. The van der Waals surface area contributed by atoms with Crippen LogP contribution in [0.4, 0.5) is 15.0 Å². The number of pyridine rings is 1. The molecular formula is C12H11ClFN5O2. The number of carboxylic acid groups (broad SMARTS) is 1. The molecule has 2 N–H and O–H groups in total. The van der Waals surface area contributed by atoms with Crippen molar-refractivity contribution in [2.45, 2.75) is 12.2 Å². The lowest BCUT2D eigenvalue weighted by atomic mass is 10.2. The Hall–Kier alpha value is -2.22. The fourth-order valence-electron chi connectivity index (χ4n) is 2.28. The molecule has 2 aromatic heterocycles. The molecule has 0 radical (unpaired) electrons. The van der Waals surface area contributed by atoms with E-state index in [1.165, 1.54) is 0 Å². The van der Waals surface area contributed by atoms with Crippen molar-refractivity contribution >= 4 is 34.4 Å². The smallest absolute Gasteiger partial charge is 0.407 e. The van der Waals surface area contributed by atoms with Crippen LogP contribution < -0.4 is 5.32 Å². The van der Waals surface area contributed by atoms with Gasteiger partial charge in [0.2, 0.25) is 0 Å². The van der Waals surface area contributed by atoms with Crippen LogP contribution in [0.15, 0.2) is 18.3 Å². The minimum atomic E-state index is -1.32. The molecule has 1 aliphatic heterocycles. The van der Waals surface area contributed by atoms with Crippen molar-refractivity contribution in [3.63, 3.8) is 0 Å². The van der Waals surface area contributed by atoms with Gasteiger partial charge in [-0.1, -0.05) is 11.6 Å². The maximum atomic E-state index is 13.9. The van der Waals surface area contributed by atoms with Crippen LogP contribution in [0.25, 0.3) is 10.9 Å². The molecule has 21 heavy (non-hydrogen) atoms. The molecule has 1 aliphatic rings. The number of fused-ring (bicyclic) bond motifs is 1. The molecule has 0 spiro atoms. The molecule has 1 saturated heterocycles. The minimum absolute atomic E-state index is 0.0368. The van der Waals surface area contributed by atoms with Gasteiger partial charge in [-0.2, -0.15) is 0 Å². The fraction of sp³-hybridized carbons (Fsp3) is 0.333. The van der Waals surface area contributed by atoms with Crippen LogP contribution in [0.2, 0.25) is 5.15 Å². The number of hydrogen-bond donors (Lipinski definition) is 2. The van der Waals surface area contributed by atoms with Gasteiger partial charge in [0.05, 0.1) is 12.6 Å². The van der Waals surface area contributed by atoms with Crippen LogP contribution in [-0.2, 0) is 0 Å². The molecule has 9 heteroatoms. The monoisotopic (exact) mass is 311 g/mol. The topological polar surface area (TPSA) is 91.2 Å². The summed E-state index contributed by atoms with van der Waals surface area (Å²) in [5.74, 6) is 0.287. The third-order valence-corrected chi connectivity index (χ3v) is 3.61. The zero-order valence-corrected chi connectivity index (χ0v) is 11.5. The number of nitrogens with one attached hydrogen (secondary N) is 1. The Morgan fingerprint density at radius 2 is 2.29 bits per heavy atom. The molecule has 1 amide bonds. The minimum Gasteiger partial charge on any atom is -0.465 e. The van der Waals surface area contributed by atoms with Gasteiger partial charge in [0.25, 0.3) is 0 Å². The van der Waals surface area contributed by atoms with Crippen LogP contribution in [0.3, 0.4) is 0 Å². The van der Waals surface area contributed by atoms with Crippen molar-refractivity contribution in [2.75, 3.05) is 18.4 Å². The molecular weight excluding hydrogens is 301 g/mol. The van der Waals surface area contributed by atoms with Gasteiger partial charge in [-0.3, -0.25) is 4.98 Å². The summed E-state index contributed by atoms with van der Waals surface area (Å²) in [6.07, 6.45) is -0.902. The first-order valence-electron chi connectivity index (χ1n) is 6.21. The van der Waals surface area contributed by atoms with Crippen molar-refractivity contribution in [2.24, 2.45) is 0 Å². The van der Waals surface area contributed by atoms with E-state index in [0.29, 0.717) is 10.9 Å². The maximum Gasteiger partial charge on any atom is 0.407 e. The summed E-state index contributed by atoms with van der Waals surface area (Å²) >= 11 is 5.94. The van der Waals surface area contributed by atoms with E-state index in [2.05, 4.69) is 20.5 Å². The van der Waals surface area contributed by atoms with Gasteiger partial charge in [-0.05, 0) is 12.1 Å². The predicted molar refractivity (Wildman–Crippen MR) is 74.2 cm³/mol. The van der Waals surface area contributed by atoms with E-state index in [1.807, 2.05) is 0 Å². The van der Waals surface area contributed by atoms with Gasteiger partial charge in [0.1, 0.15) is 11.7 Å². The first-order chi connectivity index (χ1) is 10.1. The summed E-state index contributed by atoms with van der Waals surface area (Å²) in [4.78, 5) is 16.1. The summed E-state index contributed by atoms with van der Waals surface area (Å²) in [6, 6.07) is 2.75. The number of halogens is 2. The lowest BCUT2D eigenvalue weighted by Gasteiger charge is -2.15. The Morgan fingerprint density at radius 1 is 1.48 bits per heavy atom. The molecule has 0 aliphatic carbocycles. The number of aromatic nitrogens is 3. The van der Waals surface area contributed by atoms with E-state index >= 15 is 0 Å². The average molecular weight is 312 g/mol.